The van der Waals surface area contributed by atoms with Crippen molar-refractivity contribution in [2.24, 2.45) is 0 Å². The van der Waals surface area contributed by atoms with Crippen LogP contribution in [0.2, 0.25) is 0 Å². The lowest BCUT2D eigenvalue weighted by molar-refractivity contribution is -0.129. The molecule has 1 saturated carbocycles. The Morgan fingerprint density at radius 2 is 2.10 bits per heavy atom. The second-order valence-electron chi connectivity index (χ2n) is 5.33. The van der Waals surface area contributed by atoms with Crippen LogP contribution in [0.3, 0.4) is 0 Å². The quantitative estimate of drug-likeness (QED) is 0.756. The Balaban J connectivity index is 2.05. The summed E-state index contributed by atoms with van der Waals surface area (Å²) in [6.45, 7) is 0.664. The summed E-state index contributed by atoms with van der Waals surface area (Å²) in [6.07, 6.45) is 2.16. The maximum Gasteiger partial charge on any atom is 0.294 e. The molecular formula is C13H21N5O3. The van der Waals surface area contributed by atoms with Crippen LogP contribution in [0.4, 0.5) is 0 Å². The van der Waals surface area contributed by atoms with Crippen LogP contribution in [-0.4, -0.2) is 77.7 Å². The molecule has 0 saturated heterocycles. The van der Waals surface area contributed by atoms with Crippen LogP contribution in [0, 0.1) is 0 Å². The average Bonchev–Trinajstić information content (AvgIpc) is 3.20. The third-order valence-electron chi connectivity index (χ3n) is 3.34. The number of hydrogen-bond acceptors (Lipinski definition) is 5. The van der Waals surface area contributed by atoms with Crippen LogP contribution in [0.1, 0.15) is 35.2 Å². The van der Waals surface area contributed by atoms with Gasteiger partial charge in [0.15, 0.2) is 0 Å². The molecule has 21 heavy (non-hydrogen) atoms. The van der Waals surface area contributed by atoms with E-state index < -0.39 is 0 Å². The summed E-state index contributed by atoms with van der Waals surface area (Å²) in [4.78, 5) is 31.3. The van der Waals surface area contributed by atoms with Gasteiger partial charge < -0.3 is 14.5 Å². The first-order valence-electron chi connectivity index (χ1n) is 6.93. The standard InChI is InChI=1S/C13H21N5O3/c1-17(2)10(19)8-18(6-7-21-3)13(20)12-14-11(15-16-12)9-4-5-9/h9H,4-8H2,1-3H3,(H,14,15,16). The number of amides is 2. The number of aromatic amines is 1. The molecule has 1 aromatic heterocycles. The molecule has 0 radical (unpaired) electrons. The van der Waals surface area contributed by atoms with Gasteiger partial charge in [0.1, 0.15) is 12.4 Å². The first-order valence-corrected chi connectivity index (χ1v) is 6.93. The molecule has 1 aromatic rings. The Kier molecular flexibility index (Phi) is 4.89. The third-order valence-corrected chi connectivity index (χ3v) is 3.34. The Morgan fingerprint density at radius 1 is 1.38 bits per heavy atom. The van der Waals surface area contributed by atoms with Gasteiger partial charge >= 0.3 is 0 Å². The first kappa shape index (κ1) is 15.4. The summed E-state index contributed by atoms with van der Waals surface area (Å²) in [5, 5.41) is 6.77. The molecule has 0 aromatic carbocycles. The van der Waals surface area contributed by atoms with E-state index in [1.165, 1.54) is 9.80 Å². The van der Waals surface area contributed by atoms with Crippen LogP contribution in [0.15, 0.2) is 0 Å². The van der Waals surface area contributed by atoms with Crippen molar-refractivity contribution < 1.29 is 14.3 Å². The van der Waals surface area contributed by atoms with Crippen molar-refractivity contribution in [2.75, 3.05) is 40.9 Å². The Morgan fingerprint density at radius 3 is 2.67 bits per heavy atom. The zero-order valence-electron chi connectivity index (χ0n) is 12.6. The van der Waals surface area contributed by atoms with Gasteiger partial charge in [0.05, 0.1) is 6.61 Å². The highest BCUT2D eigenvalue weighted by Crippen LogP contribution is 2.37. The Bertz CT molecular complexity index is 510. The van der Waals surface area contributed by atoms with Crippen molar-refractivity contribution >= 4 is 11.8 Å². The summed E-state index contributed by atoms with van der Waals surface area (Å²) in [6, 6.07) is 0. The van der Waals surface area contributed by atoms with E-state index in [9.17, 15) is 9.59 Å². The molecule has 0 spiro atoms. The number of nitrogens with one attached hydrogen (secondary N) is 1. The van der Waals surface area contributed by atoms with Crippen LogP contribution in [0.5, 0.6) is 0 Å². The predicted octanol–water partition coefficient (Wildman–Crippen LogP) is -0.141. The summed E-state index contributed by atoms with van der Waals surface area (Å²) >= 11 is 0. The van der Waals surface area contributed by atoms with Crippen molar-refractivity contribution in [2.45, 2.75) is 18.8 Å². The monoisotopic (exact) mass is 295 g/mol. The number of hydrogen-bond donors (Lipinski definition) is 1. The lowest BCUT2D eigenvalue weighted by Gasteiger charge is -2.22. The van der Waals surface area contributed by atoms with E-state index in [4.69, 9.17) is 4.74 Å². The highest BCUT2D eigenvalue weighted by Gasteiger charge is 2.29. The topological polar surface area (TPSA) is 91.4 Å². The smallest absolute Gasteiger partial charge is 0.294 e. The van der Waals surface area contributed by atoms with Gasteiger partial charge in [-0.15, -0.1) is 5.10 Å². The molecule has 8 heteroatoms. The number of ether oxygens (including phenoxy) is 1. The van der Waals surface area contributed by atoms with E-state index in [2.05, 4.69) is 15.2 Å². The fourth-order valence-electron chi connectivity index (χ4n) is 1.81. The summed E-state index contributed by atoms with van der Waals surface area (Å²) < 4.78 is 4.99. The van der Waals surface area contributed by atoms with Gasteiger partial charge in [-0.2, -0.15) is 0 Å². The van der Waals surface area contributed by atoms with Crippen molar-refractivity contribution in [3.8, 4) is 0 Å². The Labute approximate surface area is 123 Å². The Hall–Kier alpha value is -1.96. The summed E-state index contributed by atoms with van der Waals surface area (Å²) in [7, 11) is 4.85. The van der Waals surface area contributed by atoms with E-state index in [1.807, 2.05) is 0 Å². The third kappa shape index (κ3) is 4.01. The number of nitrogens with zero attached hydrogens (tertiary/aromatic N) is 4. The molecule has 1 heterocycles. The van der Waals surface area contributed by atoms with Gasteiger partial charge in [-0.25, -0.2) is 4.98 Å². The number of carbonyl (C=O) groups is 2. The van der Waals surface area contributed by atoms with Crippen molar-refractivity contribution in [1.82, 2.24) is 25.0 Å². The van der Waals surface area contributed by atoms with Gasteiger partial charge in [0, 0.05) is 33.7 Å². The molecule has 0 unspecified atom stereocenters. The maximum absolute atomic E-state index is 12.4. The van der Waals surface area contributed by atoms with E-state index in [0.717, 1.165) is 18.7 Å². The minimum Gasteiger partial charge on any atom is -0.383 e. The van der Waals surface area contributed by atoms with E-state index >= 15 is 0 Å². The predicted molar refractivity (Wildman–Crippen MR) is 74.8 cm³/mol. The number of aromatic nitrogens is 3. The minimum atomic E-state index is -0.356. The lowest BCUT2D eigenvalue weighted by atomic mass is 10.4. The largest absolute Gasteiger partial charge is 0.383 e. The second kappa shape index (κ2) is 6.66. The van der Waals surface area contributed by atoms with E-state index in [-0.39, 0.29) is 24.2 Å². The first-order chi connectivity index (χ1) is 10.0. The van der Waals surface area contributed by atoms with Crippen LogP contribution in [0.25, 0.3) is 0 Å². The number of carbonyl (C=O) groups excluding carboxylic acids is 2. The molecule has 2 amide bonds. The molecular weight excluding hydrogens is 274 g/mol. The van der Waals surface area contributed by atoms with E-state index in [0.29, 0.717) is 19.1 Å². The van der Waals surface area contributed by atoms with Crippen LogP contribution in [-0.2, 0) is 9.53 Å². The highest BCUT2D eigenvalue weighted by atomic mass is 16.5. The van der Waals surface area contributed by atoms with Gasteiger partial charge in [-0.3, -0.25) is 14.7 Å². The lowest BCUT2D eigenvalue weighted by Crippen LogP contribution is -2.42. The minimum absolute atomic E-state index is 0.0114. The highest BCUT2D eigenvalue weighted by molar-refractivity contribution is 5.93. The number of rotatable bonds is 7. The molecule has 1 N–H and O–H groups in total. The van der Waals surface area contributed by atoms with Crippen molar-refractivity contribution in [3.05, 3.63) is 11.6 Å². The second-order valence-corrected chi connectivity index (χ2v) is 5.33. The number of H-pyrrole nitrogens is 1. The number of methoxy groups -OCH3 is 1. The fraction of sp³-hybridized carbons (Fsp3) is 0.692. The number of likely N-dealkylation sites (N-methyl/N-ethyl adjacent to an activating group) is 1. The van der Waals surface area contributed by atoms with E-state index in [1.54, 1.807) is 21.2 Å². The van der Waals surface area contributed by atoms with Gasteiger partial charge in [-0.05, 0) is 12.8 Å². The van der Waals surface area contributed by atoms with Crippen molar-refractivity contribution in [1.29, 1.82) is 0 Å². The van der Waals surface area contributed by atoms with Gasteiger partial charge in [-0.1, -0.05) is 0 Å². The van der Waals surface area contributed by atoms with Gasteiger partial charge in [0.2, 0.25) is 11.7 Å². The van der Waals surface area contributed by atoms with Crippen LogP contribution < -0.4 is 0 Å². The normalized spacial score (nSPS) is 14.0. The maximum atomic E-state index is 12.4. The average molecular weight is 295 g/mol. The molecule has 1 aliphatic carbocycles. The summed E-state index contributed by atoms with van der Waals surface area (Å²) in [5.41, 5.74) is 0. The molecule has 1 aliphatic rings. The van der Waals surface area contributed by atoms with Gasteiger partial charge in [0.25, 0.3) is 5.91 Å². The molecule has 0 atom stereocenters. The zero-order chi connectivity index (χ0) is 15.4. The molecule has 2 rings (SSSR count). The zero-order valence-corrected chi connectivity index (χ0v) is 12.6. The molecule has 1 fully saturated rings. The molecule has 116 valence electrons. The SMILES string of the molecule is COCCN(CC(=O)N(C)C)C(=O)c1n[nH]c(C2CC2)n1. The molecule has 8 nitrogen and oxygen atoms in total. The summed E-state index contributed by atoms with van der Waals surface area (Å²) in [5.74, 6) is 0.751. The van der Waals surface area contributed by atoms with Crippen LogP contribution >= 0.6 is 0 Å². The van der Waals surface area contributed by atoms with Crippen molar-refractivity contribution in [3.63, 3.8) is 0 Å². The molecule has 0 bridgehead atoms. The molecule has 0 aliphatic heterocycles. The fourth-order valence-corrected chi connectivity index (χ4v) is 1.81.